The lowest BCUT2D eigenvalue weighted by molar-refractivity contribution is -0.137. The minimum absolute atomic E-state index is 0.365. The van der Waals surface area contributed by atoms with Gasteiger partial charge in [0.2, 0.25) is 0 Å². The molecule has 15 heavy (non-hydrogen) atoms. The maximum atomic E-state index is 10.6. The number of aliphatic carboxylic acids is 1. The molecule has 0 fully saturated rings. The molecule has 1 N–H and O–H groups in total. The largest absolute Gasteiger partial charge is 0.480 e. The molecule has 0 bridgehead atoms. The molecule has 0 aromatic carbocycles. The normalized spacial score (nSPS) is 18.5. The first kappa shape index (κ1) is 10.4. The monoisotopic (exact) mass is 229 g/mol. The smallest absolute Gasteiger partial charge is 0.322 e. The van der Waals surface area contributed by atoms with Gasteiger partial charge in [0.1, 0.15) is 11.2 Å². The Morgan fingerprint density at radius 1 is 1.67 bits per heavy atom. The predicted molar refractivity (Wildman–Crippen MR) is 54.8 cm³/mol. The molecule has 82 valence electrons. The number of alkyl halides is 1. The highest BCUT2D eigenvalue weighted by Crippen LogP contribution is 2.11. The van der Waals surface area contributed by atoms with E-state index in [1.165, 1.54) is 0 Å². The first-order valence-electron chi connectivity index (χ1n) is 4.76. The van der Waals surface area contributed by atoms with Crippen molar-refractivity contribution in [1.29, 1.82) is 0 Å². The summed E-state index contributed by atoms with van der Waals surface area (Å²) in [7, 11) is 0. The Morgan fingerprint density at radius 3 is 3.20 bits per heavy atom. The number of aromatic nitrogens is 2. The van der Waals surface area contributed by atoms with E-state index < -0.39 is 11.3 Å². The van der Waals surface area contributed by atoms with E-state index in [2.05, 4.69) is 9.55 Å². The molecular formula is C9H12ClN3O2. The van der Waals surface area contributed by atoms with E-state index in [0.717, 1.165) is 18.9 Å². The van der Waals surface area contributed by atoms with Gasteiger partial charge in [0.25, 0.3) is 0 Å². The van der Waals surface area contributed by atoms with Gasteiger partial charge in [0.15, 0.2) is 0 Å². The lowest BCUT2D eigenvalue weighted by Gasteiger charge is -2.28. The van der Waals surface area contributed by atoms with Crippen LogP contribution in [0.5, 0.6) is 0 Å². The van der Waals surface area contributed by atoms with E-state index in [4.69, 9.17) is 16.7 Å². The fourth-order valence-electron chi connectivity index (χ4n) is 1.68. The SMILES string of the molecule is O=C(O)C(Cl)CN1CCn2ccnc2C1. The van der Waals surface area contributed by atoms with Crippen molar-refractivity contribution in [2.75, 3.05) is 13.1 Å². The number of carboxylic acid groups (broad SMARTS) is 1. The molecule has 1 aromatic heterocycles. The summed E-state index contributed by atoms with van der Waals surface area (Å²) in [6, 6.07) is 0. The van der Waals surface area contributed by atoms with E-state index in [9.17, 15) is 4.79 Å². The Labute approximate surface area is 92.3 Å². The average Bonchev–Trinajstić information content (AvgIpc) is 2.64. The molecule has 0 aliphatic carbocycles. The second-order valence-corrected chi connectivity index (χ2v) is 4.10. The summed E-state index contributed by atoms with van der Waals surface area (Å²) in [6.07, 6.45) is 3.69. The number of hydrogen-bond donors (Lipinski definition) is 1. The zero-order valence-corrected chi connectivity index (χ0v) is 8.89. The Balaban J connectivity index is 1.95. The highest BCUT2D eigenvalue weighted by Gasteiger charge is 2.22. The van der Waals surface area contributed by atoms with Crippen LogP contribution in [0.2, 0.25) is 0 Å². The fourth-order valence-corrected chi connectivity index (χ4v) is 1.88. The summed E-state index contributed by atoms with van der Waals surface area (Å²) in [5.74, 6) is 0.00101. The molecule has 1 atom stereocenters. The van der Waals surface area contributed by atoms with Crippen LogP contribution in [0.3, 0.4) is 0 Å². The van der Waals surface area contributed by atoms with Crippen molar-refractivity contribution < 1.29 is 9.90 Å². The molecule has 0 spiro atoms. The summed E-state index contributed by atoms with van der Waals surface area (Å²) in [5, 5.41) is 7.85. The Kier molecular flexibility index (Phi) is 2.93. The number of nitrogens with zero attached hydrogens (tertiary/aromatic N) is 3. The lowest BCUT2D eigenvalue weighted by atomic mass is 10.3. The quantitative estimate of drug-likeness (QED) is 0.762. The Hall–Kier alpha value is -1.07. The molecule has 1 aliphatic heterocycles. The standard InChI is InChI=1S/C9H12ClN3O2/c10-7(9(14)15)5-12-3-4-13-2-1-11-8(13)6-12/h1-2,7H,3-6H2,(H,14,15). The van der Waals surface area contributed by atoms with Gasteiger partial charge >= 0.3 is 5.97 Å². The minimum atomic E-state index is -0.967. The number of rotatable bonds is 3. The van der Waals surface area contributed by atoms with Crippen molar-refractivity contribution in [3.8, 4) is 0 Å². The molecule has 1 unspecified atom stereocenters. The number of imidazole rings is 1. The van der Waals surface area contributed by atoms with Gasteiger partial charge in [-0.05, 0) is 0 Å². The first-order valence-corrected chi connectivity index (χ1v) is 5.19. The second kappa shape index (κ2) is 4.20. The molecule has 0 saturated carbocycles. The number of carbonyl (C=O) groups is 1. The van der Waals surface area contributed by atoms with Gasteiger partial charge in [-0.3, -0.25) is 9.69 Å². The molecule has 5 nitrogen and oxygen atoms in total. The fraction of sp³-hybridized carbons (Fsp3) is 0.556. The molecule has 6 heteroatoms. The van der Waals surface area contributed by atoms with Crippen LogP contribution in [-0.2, 0) is 17.9 Å². The van der Waals surface area contributed by atoms with E-state index in [-0.39, 0.29) is 0 Å². The molecule has 0 amide bonds. The summed E-state index contributed by atoms with van der Waals surface area (Å²) in [4.78, 5) is 16.8. The highest BCUT2D eigenvalue weighted by atomic mass is 35.5. The Morgan fingerprint density at radius 2 is 2.47 bits per heavy atom. The van der Waals surface area contributed by atoms with E-state index in [0.29, 0.717) is 13.1 Å². The van der Waals surface area contributed by atoms with Crippen LogP contribution in [0.4, 0.5) is 0 Å². The molecule has 0 radical (unpaired) electrons. The van der Waals surface area contributed by atoms with Crippen LogP contribution in [-0.4, -0.2) is 44.0 Å². The van der Waals surface area contributed by atoms with Crippen LogP contribution in [0.1, 0.15) is 5.82 Å². The van der Waals surface area contributed by atoms with Crippen LogP contribution >= 0.6 is 11.6 Å². The maximum absolute atomic E-state index is 10.6. The van der Waals surface area contributed by atoms with Crippen molar-refractivity contribution in [2.24, 2.45) is 0 Å². The molecule has 2 heterocycles. The Bertz CT molecular complexity index is 366. The minimum Gasteiger partial charge on any atom is -0.480 e. The van der Waals surface area contributed by atoms with Gasteiger partial charge in [0.05, 0.1) is 6.54 Å². The van der Waals surface area contributed by atoms with Crippen molar-refractivity contribution in [3.05, 3.63) is 18.2 Å². The van der Waals surface area contributed by atoms with Gasteiger partial charge in [-0.1, -0.05) is 0 Å². The van der Waals surface area contributed by atoms with Gasteiger partial charge in [-0.25, -0.2) is 4.98 Å². The van der Waals surface area contributed by atoms with Gasteiger partial charge in [0, 0.05) is 32.0 Å². The summed E-state index contributed by atoms with van der Waals surface area (Å²) in [6.45, 7) is 2.70. The molecule has 1 aromatic rings. The third-order valence-corrected chi connectivity index (χ3v) is 2.84. The van der Waals surface area contributed by atoms with Gasteiger partial charge in [-0.15, -0.1) is 11.6 Å². The zero-order valence-electron chi connectivity index (χ0n) is 8.14. The van der Waals surface area contributed by atoms with Crippen molar-refractivity contribution in [3.63, 3.8) is 0 Å². The summed E-state index contributed by atoms with van der Waals surface area (Å²) < 4.78 is 2.07. The van der Waals surface area contributed by atoms with Gasteiger partial charge < -0.3 is 9.67 Å². The number of halogens is 1. The highest BCUT2D eigenvalue weighted by molar-refractivity contribution is 6.29. The van der Waals surface area contributed by atoms with Crippen molar-refractivity contribution in [2.45, 2.75) is 18.5 Å². The molecule has 1 aliphatic rings. The number of fused-ring (bicyclic) bond motifs is 1. The molecule has 2 rings (SSSR count). The van der Waals surface area contributed by atoms with Crippen LogP contribution in [0.25, 0.3) is 0 Å². The van der Waals surface area contributed by atoms with Crippen LogP contribution in [0.15, 0.2) is 12.4 Å². The molecule has 0 saturated heterocycles. The van der Waals surface area contributed by atoms with Crippen LogP contribution < -0.4 is 0 Å². The van der Waals surface area contributed by atoms with E-state index in [1.807, 2.05) is 11.1 Å². The predicted octanol–water partition coefficient (Wildman–Crippen LogP) is 0.391. The summed E-state index contributed by atoms with van der Waals surface area (Å²) in [5.41, 5.74) is 0. The summed E-state index contributed by atoms with van der Waals surface area (Å²) >= 11 is 5.68. The topological polar surface area (TPSA) is 58.4 Å². The first-order chi connectivity index (χ1) is 7.16. The molecular weight excluding hydrogens is 218 g/mol. The maximum Gasteiger partial charge on any atom is 0.322 e. The van der Waals surface area contributed by atoms with Crippen molar-refractivity contribution >= 4 is 17.6 Å². The zero-order chi connectivity index (χ0) is 10.8. The van der Waals surface area contributed by atoms with E-state index in [1.54, 1.807) is 6.20 Å². The third kappa shape index (κ3) is 2.30. The van der Waals surface area contributed by atoms with Gasteiger partial charge in [-0.2, -0.15) is 0 Å². The number of hydrogen-bond acceptors (Lipinski definition) is 3. The van der Waals surface area contributed by atoms with E-state index >= 15 is 0 Å². The lowest BCUT2D eigenvalue weighted by Crippen LogP contribution is -2.39. The number of carboxylic acids is 1. The van der Waals surface area contributed by atoms with Crippen molar-refractivity contribution in [1.82, 2.24) is 14.5 Å². The second-order valence-electron chi connectivity index (χ2n) is 3.58. The average molecular weight is 230 g/mol. The third-order valence-electron chi connectivity index (χ3n) is 2.51. The van der Waals surface area contributed by atoms with Crippen LogP contribution in [0, 0.1) is 0 Å².